The summed E-state index contributed by atoms with van der Waals surface area (Å²) in [5.41, 5.74) is 2.55. The largest absolute Gasteiger partial charge is 0.361 e. The molecule has 0 saturated carbocycles. The number of nitrogens with zero attached hydrogens (tertiary/aromatic N) is 2. The highest BCUT2D eigenvalue weighted by Gasteiger charge is 2.21. The molecule has 2 amide bonds. The summed E-state index contributed by atoms with van der Waals surface area (Å²) in [5, 5.41) is 9.96. The van der Waals surface area contributed by atoms with E-state index in [9.17, 15) is 9.59 Å². The lowest BCUT2D eigenvalue weighted by Crippen LogP contribution is -2.21. The summed E-state index contributed by atoms with van der Waals surface area (Å²) in [5.74, 6) is 0.508. The topological polar surface area (TPSA) is 97.1 Å². The molecule has 1 aliphatic heterocycles. The Balaban J connectivity index is 1.62. The Morgan fingerprint density at radius 1 is 1.43 bits per heavy atom. The number of amides is 2. The number of rotatable bonds is 4. The van der Waals surface area contributed by atoms with E-state index in [0.717, 1.165) is 35.6 Å². The van der Waals surface area contributed by atoms with Gasteiger partial charge >= 0.3 is 0 Å². The average molecular weight is 334 g/mol. The number of thiazole rings is 1. The van der Waals surface area contributed by atoms with Crippen LogP contribution in [-0.4, -0.2) is 28.5 Å². The molecular weight excluding hydrogens is 316 g/mol. The number of hydrogen-bond donors (Lipinski definition) is 2. The van der Waals surface area contributed by atoms with Crippen LogP contribution in [0.1, 0.15) is 45.2 Å². The normalized spacial score (nSPS) is 14.1. The van der Waals surface area contributed by atoms with Crippen LogP contribution in [0.25, 0.3) is 0 Å². The highest BCUT2D eigenvalue weighted by Crippen LogP contribution is 2.25. The summed E-state index contributed by atoms with van der Waals surface area (Å²) >= 11 is 1.23. The van der Waals surface area contributed by atoms with E-state index < -0.39 is 0 Å². The van der Waals surface area contributed by atoms with Crippen LogP contribution in [0, 0.1) is 13.8 Å². The van der Waals surface area contributed by atoms with Crippen molar-refractivity contribution < 1.29 is 14.1 Å². The highest BCUT2D eigenvalue weighted by atomic mass is 32.1. The van der Waals surface area contributed by atoms with Gasteiger partial charge in [-0.05, 0) is 33.1 Å². The van der Waals surface area contributed by atoms with Crippen molar-refractivity contribution >= 4 is 28.3 Å². The summed E-state index contributed by atoms with van der Waals surface area (Å²) in [7, 11) is 0. The molecule has 0 aromatic carbocycles. The first-order valence-corrected chi connectivity index (χ1v) is 8.35. The second kappa shape index (κ2) is 6.49. The first-order chi connectivity index (χ1) is 11.0. The monoisotopic (exact) mass is 334 g/mol. The summed E-state index contributed by atoms with van der Waals surface area (Å²) < 4.78 is 5.09. The highest BCUT2D eigenvalue weighted by molar-refractivity contribution is 7.17. The predicted molar refractivity (Wildman–Crippen MR) is 85.7 cm³/mol. The van der Waals surface area contributed by atoms with Crippen LogP contribution >= 0.6 is 11.3 Å². The Hall–Kier alpha value is -2.22. The van der Waals surface area contributed by atoms with Gasteiger partial charge in [-0.2, -0.15) is 0 Å². The first kappa shape index (κ1) is 15.7. The van der Waals surface area contributed by atoms with Gasteiger partial charge in [0.1, 0.15) is 10.6 Å². The molecule has 0 fully saturated rings. The Bertz CT molecular complexity index is 730. The molecule has 122 valence electrons. The zero-order valence-corrected chi connectivity index (χ0v) is 13.9. The molecule has 0 unspecified atom stereocenters. The third kappa shape index (κ3) is 3.42. The average Bonchev–Trinajstić information content (AvgIpc) is 3.00. The van der Waals surface area contributed by atoms with Crippen molar-refractivity contribution in [2.45, 2.75) is 39.5 Å². The number of aromatic nitrogens is 2. The molecule has 0 radical (unpaired) electrons. The van der Waals surface area contributed by atoms with Crippen molar-refractivity contribution in [3.05, 3.63) is 27.6 Å². The van der Waals surface area contributed by atoms with Gasteiger partial charge in [0.25, 0.3) is 5.91 Å². The second-order valence-corrected chi connectivity index (χ2v) is 6.50. The zero-order chi connectivity index (χ0) is 16.4. The fourth-order valence-electron chi connectivity index (χ4n) is 2.57. The number of hydrogen-bond acceptors (Lipinski definition) is 6. The van der Waals surface area contributed by atoms with Gasteiger partial charge in [-0.15, -0.1) is 0 Å². The smallest absolute Gasteiger partial charge is 0.263 e. The van der Waals surface area contributed by atoms with Gasteiger partial charge in [-0.25, -0.2) is 4.98 Å². The minimum absolute atomic E-state index is 0.105. The minimum Gasteiger partial charge on any atom is -0.361 e. The van der Waals surface area contributed by atoms with Crippen molar-refractivity contribution in [1.82, 2.24) is 15.5 Å². The maximum Gasteiger partial charge on any atom is 0.263 e. The molecule has 1 aliphatic rings. The van der Waals surface area contributed by atoms with E-state index >= 15 is 0 Å². The van der Waals surface area contributed by atoms with Gasteiger partial charge in [0.2, 0.25) is 5.91 Å². The Morgan fingerprint density at radius 2 is 2.26 bits per heavy atom. The maximum atomic E-state index is 12.1. The molecule has 0 saturated heterocycles. The Labute approximate surface area is 137 Å². The summed E-state index contributed by atoms with van der Waals surface area (Å²) in [6.45, 7) is 4.37. The lowest BCUT2D eigenvalue weighted by Gasteiger charge is -2.02. The van der Waals surface area contributed by atoms with Gasteiger partial charge in [-0.3, -0.25) is 9.59 Å². The molecule has 23 heavy (non-hydrogen) atoms. The molecule has 0 aliphatic carbocycles. The van der Waals surface area contributed by atoms with E-state index in [0.29, 0.717) is 29.4 Å². The second-order valence-electron chi connectivity index (χ2n) is 5.51. The third-order valence-electron chi connectivity index (χ3n) is 3.81. The van der Waals surface area contributed by atoms with E-state index in [1.165, 1.54) is 11.3 Å². The Kier molecular flexibility index (Phi) is 4.42. The number of aryl methyl sites for hydroxylation is 3. The molecule has 0 bridgehead atoms. The van der Waals surface area contributed by atoms with Crippen LogP contribution in [0.15, 0.2) is 4.52 Å². The summed E-state index contributed by atoms with van der Waals surface area (Å²) in [6.07, 6.45) is 2.50. The number of carbonyl (C=O) groups excluding carboxylic acids is 2. The van der Waals surface area contributed by atoms with Crippen molar-refractivity contribution in [3.8, 4) is 0 Å². The summed E-state index contributed by atoms with van der Waals surface area (Å²) in [6, 6.07) is 0. The van der Waals surface area contributed by atoms with E-state index in [4.69, 9.17) is 4.52 Å². The van der Waals surface area contributed by atoms with Crippen LogP contribution in [0.5, 0.6) is 0 Å². The first-order valence-electron chi connectivity index (χ1n) is 7.54. The molecule has 2 aromatic heterocycles. The fourth-order valence-corrected chi connectivity index (χ4v) is 3.51. The maximum absolute atomic E-state index is 12.1. The molecule has 2 N–H and O–H groups in total. The van der Waals surface area contributed by atoms with Crippen molar-refractivity contribution in [2.75, 3.05) is 11.9 Å². The van der Waals surface area contributed by atoms with E-state index in [1.54, 1.807) is 0 Å². The quantitative estimate of drug-likeness (QED) is 0.891. The van der Waals surface area contributed by atoms with Gasteiger partial charge in [-0.1, -0.05) is 16.5 Å². The molecule has 0 atom stereocenters. The van der Waals surface area contributed by atoms with E-state index in [-0.39, 0.29) is 11.8 Å². The lowest BCUT2D eigenvalue weighted by molar-refractivity contribution is -0.116. The van der Waals surface area contributed by atoms with Crippen molar-refractivity contribution in [1.29, 1.82) is 0 Å². The fraction of sp³-hybridized carbons (Fsp3) is 0.467. The number of nitrogens with one attached hydrogen (secondary N) is 2. The Morgan fingerprint density at radius 3 is 3.00 bits per heavy atom. The third-order valence-corrected chi connectivity index (χ3v) is 4.82. The van der Waals surface area contributed by atoms with Gasteiger partial charge in [0.15, 0.2) is 5.13 Å². The van der Waals surface area contributed by atoms with E-state index in [2.05, 4.69) is 20.8 Å². The minimum atomic E-state index is -0.130. The molecule has 2 aromatic rings. The molecule has 8 heteroatoms. The van der Waals surface area contributed by atoms with E-state index in [1.807, 2.05) is 13.8 Å². The number of anilines is 1. The van der Waals surface area contributed by atoms with Gasteiger partial charge in [0.05, 0.1) is 11.4 Å². The van der Waals surface area contributed by atoms with Crippen LogP contribution in [-0.2, 0) is 17.6 Å². The standard InChI is InChI=1S/C15H18N4O3S/c1-8-10(9(2)22-19-8)5-6-12(20)18-15-17-11-4-3-7-16-14(21)13(11)23-15/h3-7H2,1-2H3,(H,16,21)(H,17,18,20). The molecule has 7 nitrogen and oxygen atoms in total. The SMILES string of the molecule is Cc1noc(C)c1CCC(=O)Nc1nc2c(s1)C(=O)NCCC2. The lowest BCUT2D eigenvalue weighted by atomic mass is 10.1. The van der Waals surface area contributed by atoms with Crippen molar-refractivity contribution in [2.24, 2.45) is 0 Å². The van der Waals surface area contributed by atoms with Gasteiger partial charge in [0, 0.05) is 18.5 Å². The van der Waals surface area contributed by atoms with Crippen LogP contribution in [0.4, 0.5) is 5.13 Å². The zero-order valence-electron chi connectivity index (χ0n) is 13.1. The molecular formula is C15H18N4O3S. The van der Waals surface area contributed by atoms with Crippen LogP contribution in [0.3, 0.4) is 0 Å². The number of carbonyl (C=O) groups is 2. The van der Waals surface area contributed by atoms with Crippen LogP contribution < -0.4 is 10.6 Å². The molecule has 3 rings (SSSR count). The van der Waals surface area contributed by atoms with Crippen molar-refractivity contribution in [3.63, 3.8) is 0 Å². The van der Waals surface area contributed by atoms with Crippen LogP contribution in [0.2, 0.25) is 0 Å². The summed E-state index contributed by atoms with van der Waals surface area (Å²) in [4.78, 5) is 29.0. The molecule has 3 heterocycles. The predicted octanol–water partition coefficient (Wildman–Crippen LogP) is 2.00. The number of fused-ring (bicyclic) bond motifs is 1. The molecule has 0 spiro atoms. The van der Waals surface area contributed by atoms with Gasteiger partial charge < -0.3 is 15.2 Å².